The number of hydrogen-bond acceptors (Lipinski definition) is 3. The van der Waals surface area contributed by atoms with E-state index >= 15 is 0 Å². The molecular weight excluding hydrogens is 320 g/mol. The summed E-state index contributed by atoms with van der Waals surface area (Å²) in [4.78, 5) is 4.19. The second kappa shape index (κ2) is 6.84. The molecule has 134 valence electrons. The molecule has 3 heterocycles. The van der Waals surface area contributed by atoms with Crippen LogP contribution in [-0.4, -0.2) is 27.9 Å². The Morgan fingerprint density at radius 1 is 1.04 bits per heavy atom. The monoisotopic (exact) mass is 346 g/mol. The maximum atomic E-state index is 5.09. The minimum absolute atomic E-state index is 0.519. The molecule has 0 radical (unpaired) electrons. The molecule has 0 bridgehead atoms. The van der Waals surface area contributed by atoms with Crippen molar-refractivity contribution in [2.75, 3.05) is 13.1 Å². The third-order valence-corrected chi connectivity index (χ3v) is 6.17. The van der Waals surface area contributed by atoms with E-state index < -0.39 is 0 Å². The standard InChI is InChI=1S/C22H26N4/c1-2-16-4-5-19(14-18(16)3-1)21-15-26(20-8-12-24-13-9-20)25-22(21)17-6-10-23-11-7-17/h3-4,6-7,10-11,15,19-20,24H,1-2,5,8-9,12-14H2. The molecule has 2 aromatic heterocycles. The quantitative estimate of drug-likeness (QED) is 0.896. The zero-order valence-electron chi connectivity index (χ0n) is 15.2. The van der Waals surface area contributed by atoms with Crippen LogP contribution in [0.3, 0.4) is 0 Å². The van der Waals surface area contributed by atoms with Crippen LogP contribution in [0.15, 0.2) is 54.0 Å². The molecule has 4 nitrogen and oxygen atoms in total. The van der Waals surface area contributed by atoms with Gasteiger partial charge in [-0.05, 0) is 80.8 Å². The van der Waals surface area contributed by atoms with E-state index in [2.05, 4.69) is 45.5 Å². The second-order valence-corrected chi connectivity index (χ2v) is 7.76. The molecule has 1 aliphatic heterocycles. The number of rotatable bonds is 3. The fraction of sp³-hybridized carbons (Fsp3) is 0.455. The maximum Gasteiger partial charge on any atom is 0.0959 e. The van der Waals surface area contributed by atoms with Crippen molar-refractivity contribution in [3.8, 4) is 11.3 Å². The first-order chi connectivity index (χ1) is 12.9. The molecule has 4 heteroatoms. The van der Waals surface area contributed by atoms with Crippen LogP contribution in [0, 0.1) is 0 Å². The topological polar surface area (TPSA) is 42.7 Å². The van der Waals surface area contributed by atoms with Gasteiger partial charge in [0.15, 0.2) is 0 Å². The Bertz CT molecular complexity index is 840. The number of aromatic nitrogens is 3. The lowest BCUT2D eigenvalue weighted by Gasteiger charge is -2.23. The van der Waals surface area contributed by atoms with Crippen LogP contribution in [0.25, 0.3) is 11.3 Å². The van der Waals surface area contributed by atoms with E-state index in [4.69, 9.17) is 5.10 Å². The van der Waals surface area contributed by atoms with Crippen LogP contribution in [0.1, 0.15) is 56.0 Å². The highest BCUT2D eigenvalue weighted by atomic mass is 15.3. The summed E-state index contributed by atoms with van der Waals surface area (Å²) in [5.41, 5.74) is 6.94. The van der Waals surface area contributed by atoms with Gasteiger partial charge in [-0.2, -0.15) is 5.10 Å². The number of allylic oxidation sites excluding steroid dienone is 4. The second-order valence-electron chi connectivity index (χ2n) is 7.76. The van der Waals surface area contributed by atoms with Gasteiger partial charge in [-0.1, -0.05) is 12.2 Å². The minimum atomic E-state index is 0.519. The summed E-state index contributed by atoms with van der Waals surface area (Å²) < 4.78 is 2.26. The van der Waals surface area contributed by atoms with Crippen molar-refractivity contribution < 1.29 is 0 Å². The molecular formula is C22H26N4. The van der Waals surface area contributed by atoms with Gasteiger partial charge in [-0.15, -0.1) is 0 Å². The molecule has 0 spiro atoms. The summed E-state index contributed by atoms with van der Waals surface area (Å²) in [5.74, 6) is 0.543. The first kappa shape index (κ1) is 16.0. The lowest BCUT2D eigenvalue weighted by Crippen LogP contribution is -2.29. The lowest BCUT2D eigenvalue weighted by atomic mass is 9.82. The Kier molecular flexibility index (Phi) is 4.21. The van der Waals surface area contributed by atoms with Crippen LogP contribution in [0.4, 0.5) is 0 Å². The zero-order chi connectivity index (χ0) is 17.3. The highest BCUT2D eigenvalue weighted by molar-refractivity contribution is 5.63. The zero-order valence-corrected chi connectivity index (χ0v) is 15.2. The number of piperidine rings is 1. The van der Waals surface area contributed by atoms with Gasteiger partial charge in [0.25, 0.3) is 0 Å². The molecule has 0 amide bonds. The molecule has 1 atom stereocenters. The van der Waals surface area contributed by atoms with Gasteiger partial charge in [0.1, 0.15) is 0 Å². The molecule has 0 saturated carbocycles. The average Bonchev–Trinajstić information content (AvgIpc) is 3.36. The van der Waals surface area contributed by atoms with Gasteiger partial charge in [-0.3, -0.25) is 9.67 Å². The van der Waals surface area contributed by atoms with Gasteiger partial charge in [0.05, 0.1) is 11.7 Å². The van der Waals surface area contributed by atoms with Crippen molar-refractivity contribution in [2.45, 2.75) is 50.5 Å². The summed E-state index contributed by atoms with van der Waals surface area (Å²) in [6.45, 7) is 2.18. The largest absolute Gasteiger partial charge is 0.317 e. The molecule has 1 unspecified atom stereocenters. The van der Waals surface area contributed by atoms with Gasteiger partial charge in [0, 0.05) is 29.7 Å². The molecule has 3 aliphatic rings. The number of pyridine rings is 1. The van der Waals surface area contributed by atoms with Crippen LogP contribution >= 0.6 is 0 Å². The Balaban J connectivity index is 1.53. The van der Waals surface area contributed by atoms with Crippen molar-refractivity contribution >= 4 is 0 Å². The molecule has 2 aromatic rings. The fourth-order valence-electron chi connectivity index (χ4n) is 4.71. The Morgan fingerprint density at radius 3 is 2.73 bits per heavy atom. The van der Waals surface area contributed by atoms with E-state index in [0.29, 0.717) is 12.0 Å². The molecule has 1 fully saturated rings. The summed E-state index contributed by atoms with van der Waals surface area (Å²) in [6.07, 6.45) is 18.1. The first-order valence-electron chi connectivity index (χ1n) is 9.97. The summed E-state index contributed by atoms with van der Waals surface area (Å²) >= 11 is 0. The van der Waals surface area contributed by atoms with Crippen molar-refractivity contribution in [1.29, 1.82) is 0 Å². The third kappa shape index (κ3) is 2.92. The van der Waals surface area contributed by atoms with Crippen molar-refractivity contribution in [3.05, 3.63) is 59.6 Å². The van der Waals surface area contributed by atoms with Crippen LogP contribution < -0.4 is 5.32 Å². The fourth-order valence-corrected chi connectivity index (χ4v) is 4.71. The number of nitrogens with one attached hydrogen (secondary N) is 1. The van der Waals surface area contributed by atoms with E-state index in [9.17, 15) is 0 Å². The van der Waals surface area contributed by atoms with E-state index in [1.165, 1.54) is 30.4 Å². The normalized spacial score (nSPS) is 23.5. The van der Waals surface area contributed by atoms with Crippen LogP contribution in [-0.2, 0) is 0 Å². The third-order valence-electron chi connectivity index (χ3n) is 6.17. The Morgan fingerprint density at radius 2 is 1.88 bits per heavy atom. The minimum Gasteiger partial charge on any atom is -0.317 e. The predicted octanol–water partition coefficient (Wildman–Crippen LogP) is 4.39. The Labute approximate surface area is 155 Å². The van der Waals surface area contributed by atoms with E-state index in [-0.39, 0.29) is 0 Å². The smallest absolute Gasteiger partial charge is 0.0959 e. The number of fused-ring (bicyclic) bond motifs is 1. The van der Waals surface area contributed by atoms with Gasteiger partial charge in [0.2, 0.25) is 0 Å². The van der Waals surface area contributed by atoms with Gasteiger partial charge in [-0.25, -0.2) is 0 Å². The Hall–Kier alpha value is -2.20. The highest BCUT2D eigenvalue weighted by Gasteiger charge is 2.28. The molecule has 5 rings (SSSR count). The van der Waals surface area contributed by atoms with Crippen molar-refractivity contribution in [3.63, 3.8) is 0 Å². The van der Waals surface area contributed by atoms with Crippen LogP contribution in [0.2, 0.25) is 0 Å². The van der Waals surface area contributed by atoms with Crippen molar-refractivity contribution in [2.24, 2.45) is 0 Å². The predicted molar refractivity (Wildman–Crippen MR) is 104 cm³/mol. The SMILES string of the molecule is C1=C2CCC=C2CC(c2cn(C3CCNCC3)nc2-c2ccncc2)C1. The van der Waals surface area contributed by atoms with E-state index in [1.807, 2.05) is 12.4 Å². The summed E-state index contributed by atoms with van der Waals surface area (Å²) in [6, 6.07) is 4.71. The maximum absolute atomic E-state index is 5.09. The molecule has 0 aromatic carbocycles. The lowest BCUT2D eigenvalue weighted by molar-refractivity contribution is 0.343. The first-order valence-corrected chi connectivity index (χ1v) is 9.97. The van der Waals surface area contributed by atoms with Crippen LogP contribution in [0.5, 0.6) is 0 Å². The number of nitrogens with zero attached hydrogens (tertiary/aromatic N) is 3. The molecule has 2 aliphatic carbocycles. The average molecular weight is 346 g/mol. The summed E-state index contributed by atoms with van der Waals surface area (Å²) in [5, 5.41) is 8.55. The van der Waals surface area contributed by atoms with Gasteiger partial charge < -0.3 is 5.32 Å². The molecule has 1 N–H and O–H groups in total. The van der Waals surface area contributed by atoms with E-state index in [1.54, 1.807) is 11.1 Å². The molecule has 26 heavy (non-hydrogen) atoms. The molecule has 1 saturated heterocycles. The summed E-state index contributed by atoms with van der Waals surface area (Å²) in [7, 11) is 0. The van der Waals surface area contributed by atoms with Gasteiger partial charge >= 0.3 is 0 Å². The van der Waals surface area contributed by atoms with Crippen molar-refractivity contribution in [1.82, 2.24) is 20.1 Å². The highest BCUT2D eigenvalue weighted by Crippen LogP contribution is 2.43. The van der Waals surface area contributed by atoms with E-state index in [0.717, 1.165) is 38.0 Å². The number of hydrogen-bond donors (Lipinski definition) is 1.